The Kier molecular flexibility index (Phi) is 5.20. The van der Waals surface area contributed by atoms with Crippen LogP contribution in [0.25, 0.3) is 21.8 Å². The third-order valence-corrected chi connectivity index (χ3v) is 4.46. The summed E-state index contributed by atoms with van der Waals surface area (Å²) < 4.78 is 1.98. The summed E-state index contributed by atoms with van der Waals surface area (Å²) in [6.07, 6.45) is -1.53. The van der Waals surface area contributed by atoms with Crippen molar-refractivity contribution < 1.29 is 30.2 Å². The first-order valence-electron chi connectivity index (χ1n) is 8.35. The van der Waals surface area contributed by atoms with Crippen molar-refractivity contribution in [1.82, 2.24) is 4.57 Å². The van der Waals surface area contributed by atoms with Gasteiger partial charge in [-0.1, -0.05) is 36.4 Å². The van der Waals surface area contributed by atoms with Gasteiger partial charge in [-0.25, -0.2) is 0 Å². The van der Waals surface area contributed by atoms with Crippen molar-refractivity contribution >= 4 is 33.7 Å². The topological polar surface area (TPSA) is 122 Å². The highest BCUT2D eigenvalue weighted by molar-refractivity contribution is 6.07. The first kappa shape index (κ1) is 17.9. The van der Waals surface area contributed by atoms with Crippen LogP contribution in [0.1, 0.15) is 6.42 Å². The molecule has 0 unspecified atom stereocenters. The second kappa shape index (κ2) is 7.55. The minimum Gasteiger partial charge on any atom is -0.550 e. The highest BCUT2D eigenvalue weighted by atomic mass is 16.4. The summed E-state index contributed by atoms with van der Waals surface area (Å²) in [6, 6.07) is 14.4. The molecule has 1 heterocycles. The Hall–Kier alpha value is -2.90. The van der Waals surface area contributed by atoms with Gasteiger partial charge in [-0.15, -0.1) is 0 Å². The van der Waals surface area contributed by atoms with Gasteiger partial charge in [0.1, 0.15) is 18.7 Å². The molecule has 136 valence electrons. The number of hydrogen-bond donors (Lipinski definition) is 2. The molecule has 2 atom stereocenters. The number of hydrogen-bond acceptors (Lipinski definition) is 5. The predicted molar refractivity (Wildman–Crippen MR) is 90.7 cm³/mol. The summed E-state index contributed by atoms with van der Waals surface area (Å²) in [5.74, 6) is -2.95. The lowest BCUT2D eigenvalue weighted by Crippen LogP contribution is -2.95. The van der Waals surface area contributed by atoms with E-state index in [0.717, 1.165) is 21.8 Å². The highest BCUT2D eigenvalue weighted by Gasteiger charge is 2.18. The molecule has 3 rings (SSSR count). The molecule has 7 nitrogen and oxygen atoms in total. The minimum absolute atomic E-state index is 0.0345. The molecule has 0 fully saturated rings. The second-order valence-corrected chi connectivity index (χ2v) is 6.27. The van der Waals surface area contributed by atoms with Crippen molar-refractivity contribution in [2.75, 3.05) is 6.54 Å². The average molecular weight is 355 g/mol. The molecule has 0 saturated heterocycles. The lowest BCUT2D eigenvalue weighted by molar-refractivity contribution is -0.688. The second-order valence-electron chi connectivity index (χ2n) is 6.27. The van der Waals surface area contributed by atoms with E-state index in [-0.39, 0.29) is 13.1 Å². The van der Waals surface area contributed by atoms with E-state index in [1.165, 1.54) is 5.32 Å². The molecule has 7 heteroatoms. The van der Waals surface area contributed by atoms with Crippen LogP contribution in [0.4, 0.5) is 0 Å². The number of aliphatic hydroxyl groups is 1. The van der Waals surface area contributed by atoms with E-state index in [0.29, 0.717) is 0 Å². The quantitative estimate of drug-likeness (QED) is 0.483. The van der Waals surface area contributed by atoms with E-state index in [1.807, 2.05) is 53.1 Å². The van der Waals surface area contributed by atoms with Gasteiger partial charge in [0, 0.05) is 34.2 Å². The molecule has 0 radical (unpaired) electrons. The van der Waals surface area contributed by atoms with Crippen LogP contribution in [0.3, 0.4) is 0 Å². The number of carboxylic acid groups (broad SMARTS) is 2. The number of aliphatic hydroxyl groups excluding tert-OH is 1. The van der Waals surface area contributed by atoms with Crippen LogP contribution in [0.15, 0.2) is 48.5 Å². The van der Waals surface area contributed by atoms with Crippen molar-refractivity contribution in [2.24, 2.45) is 0 Å². The smallest absolute Gasteiger partial charge is 0.131 e. The van der Waals surface area contributed by atoms with Gasteiger partial charge in [0.15, 0.2) is 0 Å². The number of fused-ring (bicyclic) bond motifs is 3. The van der Waals surface area contributed by atoms with Crippen LogP contribution in [-0.2, 0) is 16.1 Å². The fourth-order valence-corrected chi connectivity index (χ4v) is 3.25. The molecule has 0 aliphatic carbocycles. The summed E-state index contributed by atoms with van der Waals surface area (Å²) in [5, 5.41) is 35.4. The van der Waals surface area contributed by atoms with Gasteiger partial charge in [-0.3, -0.25) is 0 Å². The van der Waals surface area contributed by atoms with Crippen LogP contribution in [0.5, 0.6) is 0 Å². The zero-order valence-electron chi connectivity index (χ0n) is 14.0. The van der Waals surface area contributed by atoms with Crippen LogP contribution in [0.2, 0.25) is 0 Å². The molecule has 0 aliphatic rings. The number of carboxylic acids is 2. The molecular formula is C19H19N2O5-. The van der Waals surface area contributed by atoms with Crippen molar-refractivity contribution in [3.05, 3.63) is 48.5 Å². The van der Waals surface area contributed by atoms with E-state index in [2.05, 4.69) is 0 Å². The van der Waals surface area contributed by atoms with E-state index >= 15 is 0 Å². The Labute approximate surface area is 149 Å². The van der Waals surface area contributed by atoms with E-state index in [9.17, 15) is 24.9 Å². The summed E-state index contributed by atoms with van der Waals surface area (Å²) in [5.41, 5.74) is 1.94. The summed E-state index contributed by atoms with van der Waals surface area (Å²) in [6.45, 7) is 0.294. The van der Waals surface area contributed by atoms with E-state index < -0.39 is 30.5 Å². The first-order valence-corrected chi connectivity index (χ1v) is 8.35. The van der Waals surface area contributed by atoms with Crippen molar-refractivity contribution in [1.29, 1.82) is 0 Å². The van der Waals surface area contributed by atoms with Crippen LogP contribution in [0, 0.1) is 0 Å². The molecule has 0 spiro atoms. The Balaban J connectivity index is 1.79. The average Bonchev–Trinajstić information content (AvgIpc) is 2.93. The number of quaternary nitrogens is 1. The number of benzene rings is 2. The largest absolute Gasteiger partial charge is 0.550 e. The Morgan fingerprint density at radius 2 is 1.54 bits per heavy atom. The van der Waals surface area contributed by atoms with Gasteiger partial charge < -0.3 is 34.8 Å². The molecule has 0 amide bonds. The molecule has 1 aromatic heterocycles. The number of rotatable bonds is 8. The molecule has 26 heavy (non-hydrogen) atoms. The zero-order valence-corrected chi connectivity index (χ0v) is 14.0. The normalized spacial score (nSPS) is 13.7. The van der Waals surface area contributed by atoms with E-state index in [1.54, 1.807) is 0 Å². The number of aromatic nitrogens is 1. The number of nitrogens with two attached hydrogens (primary N) is 1. The minimum atomic E-state index is -1.49. The summed E-state index contributed by atoms with van der Waals surface area (Å²) in [7, 11) is 0. The number of carbonyl (C=O) groups is 2. The lowest BCUT2D eigenvalue weighted by atomic mass is 10.2. The van der Waals surface area contributed by atoms with Crippen molar-refractivity contribution in [2.45, 2.75) is 25.1 Å². The third kappa shape index (κ3) is 3.68. The van der Waals surface area contributed by atoms with Gasteiger partial charge in [0.25, 0.3) is 0 Å². The molecule has 0 aliphatic heterocycles. The van der Waals surface area contributed by atoms with Crippen LogP contribution >= 0.6 is 0 Å². The summed E-state index contributed by atoms with van der Waals surface area (Å²) >= 11 is 0. The third-order valence-electron chi connectivity index (χ3n) is 4.46. The van der Waals surface area contributed by atoms with Gasteiger partial charge in [0.05, 0.1) is 12.5 Å². The Morgan fingerprint density at radius 3 is 2.04 bits per heavy atom. The van der Waals surface area contributed by atoms with E-state index in [4.69, 9.17) is 0 Å². The van der Waals surface area contributed by atoms with Gasteiger partial charge in [-0.2, -0.15) is 0 Å². The van der Waals surface area contributed by atoms with Crippen molar-refractivity contribution in [3.63, 3.8) is 0 Å². The van der Waals surface area contributed by atoms with Crippen LogP contribution in [-0.4, -0.2) is 40.3 Å². The van der Waals surface area contributed by atoms with Gasteiger partial charge in [-0.05, 0) is 12.1 Å². The maximum absolute atomic E-state index is 11.0. The summed E-state index contributed by atoms with van der Waals surface area (Å²) in [4.78, 5) is 21.6. The maximum Gasteiger partial charge on any atom is 0.131 e. The fourth-order valence-electron chi connectivity index (χ4n) is 3.25. The maximum atomic E-state index is 11.0. The zero-order chi connectivity index (χ0) is 18.7. The van der Waals surface area contributed by atoms with Gasteiger partial charge in [0.2, 0.25) is 0 Å². The first-order chi connectivity index (χ1) is 12.5. The number of carbonyl (C=O) groups excluding carboxylic acids is 2. The Bertz CT molecular complexity index is 896. The SMILES string of the molecule is O=C([O-])C[C@H]([NH2+]C[C@@H](O)Cn1c2ccccc2c2ccccc21)C(=O)[O-]. The molecule has 2 aromatic carbocycles. The fraction of sp³-hybridized carbons (Fsp3) is 0.263. The number of nitrogens with zero attached hydrogens (tertiary/aromatic N) is 1. The standard InChI is InChI=1S/C19H20N2O5/c22-12(10-20-15(19(25)26)9-18(23)24)11-21-16-7-3-1-5-13(16)14-6-2-4-8-17(14)21/h1-8,12,15,20,22H,9-11H2,(H,23,24)(H,25,26)/p-1/t12-,15+/m1/s1. The monoisotopic (exact) mass is 355 g/mol. The number of para-hydroxylation sites is 2. The van der Waals surface area contributed by atoms with Gasteiger partial charge >= 0.3 is 0 Å². The van der Waals surface area contributed by atoms with Crippen LogP contribution < -0.4 is 15.5 Å². The molecule has 3 N–H and O–H groups in total. The molecule has 0 saturated carbocycles. The Morgan fingerprint density at radius 1 is 1.00 bits per heavy atom. The predicted octanol–water partition coefficient (Wildman–Crippen LogP) is -2.02. The molecular weight excluding hydrogens is 336 g/mol. The highest BCUT2D eigenvalue weighted by Crippen LogP contribution is 2.28. The molecule has 3 aromatic rings. The van der Waals surface area contributed by atoms with Crippen molar-refractivity contribution in [3.8, 4) is 0 Å². The lowest BCUT2D eigenvalue weighted by Gasteiger charge is -2.19. The molecule has 0 bridgehead atoms. The number of aliphatic carboxylic acids is 2.